The van der Waals surface area contributed by atoms with E-state index in [0.29, 0.717) is 18.8 Å². The fourth-order valence-corrected chi connectivity index (χ4v) is 5.17. The summed E-state index contributed by atoms with van der Waals surface area (Å²) < 4.78 is 52.6. The maximum Gasteiger partial charge on any atom is 0.240 e. The minimum absolute atomic E-state index is 0.0111. The number of carbonyl (C=O) groups is 1. The Labute approximate surface area is 148 Å². The Bertz CT molecular complexity index is 798. The summed E-state index contributed by atoms with van der Waals surface area (Å²) in [5.74, 6) is -0.521. The van der Waals surface area contributed by atoms with Crippen molar-refractivity contribution in [3.05, 3.63) is 24.3 Å². The SMILES string of the molecule is CC(=O)Nc1ccc(S(=O)(=O)NCCS(=O)(=O)N2CCCCC2)cc1. The zero-order valence-electron chi connectivity index (χ0n) is 14.1. The van der Waals surface area contributed by atoms with Crippen molar-refractivity contribution >= 4 is 31.6 Å². The summed E-state index contributed by atoms with van der Waals surface area (Å²) in [7, 11) is -7.25. The Morgan fingerprint density at radius 2 is 1.64 bits per heavy atom. The van der Waals surface area contributed by atoms with E-state index in [2.05, 4.69) is 10.0 Å². The van der Waals surface area contributed by atoms with Gasteiger partial charge in [0.25, 0.3) is 0 Å². The molecule has 1 amide bonds. The van der Waals surface area contributed by atoms with Crippen molar-refractivity contribution in [3.8, 4) is 0 Å². The summed E-state index contributed by atoms with van der Waals surface area (Å²) in [4.78, 5) is 11.0. The number of piperidine rings is 1. The van der Waals surface area contributed by atoms with Crippen molar-refractivity contribution in [2.45, 2.75) is 31.1 Å². The number of nitrogens with one attached hydrogen (secondary N) is 2. The summed E-state index contributed by atoms with van der Waals surface area (Å²) in [5, 5.41) is 2.54. The molecule has 1 aromatic rings. The van der Waals surface area contributed by atoms with Crippen LogP contribution in [0.25, 0.3) is 0 Å². The summed E-state index contributed by atoms with van der Waals surface area (Å²) in [5.41, 5.74) is 0.485. The van der Waals surface area contributed by atoms with Crippen molar-refractivity contribution in [1.29, 1.82) is 0 Å². The fraction of sp³-hybridized carbons (Fsp3) is 0.533. The second kappa shape index (κ2) is 8.26. The minimum Gasteiger partial charge on any atom is -0.326 e. The van der Waals surface area contributed by atoms with Gasteiger partial charge in [0.1, 0.15) is 0 Å². The average molecular weight is 389 g/mol. The lowest BCUT2D eigenvalue weighted by molar-refractivity contribution is -0.114. The number of anilines is 1. The molecule has 1 aromatic carbocycles. The van der Waals surface area contributed by atoms with Gasteiger partial charge in [-0.3, -0.25) is 4.79 Å². The molecular formula is C15H23N3O5S2. The fourth-order valence-electron chi connectivity index (χ4n) is 2.58. The van der Waals surface area contributed by atoms with E-state index in [1.165, 1.54) is 35.5 Å². The van der Waals surface area contributed by atoms with Crippen molar-refractivity contribution in [2.24, 2.45) is 0 Å². The van der Waals surface area contributed by atoms with Crippen molar-refractivity contribution in [3.63, 3.8) is 0 Å². The van der Waals surface area contributed by atoms with Gasteiger partial charge in [-0.1, -0.05) is 6.42 Å². The first-order chi connectivity index (χ1) is 11.7. The van der Waals surface area contributed by atoms with E-state index in [9.17, 15) is 21.6 Å². The van der Waals surface area contributed by atoms with Crippen LogP contribution in [0.4, 0.5) is 5.69 Å². The molecule has 0 spiro atoms. The zero-order valence-corrected chi connectivity index (χ0v) is 15.7. The highest BCUT2D eigenvalue weighted by molar-refractivity contribution is 7.90. The van der Waals surface area contributed by atoms with Crippen LogP contribution in [0.5, 0.6) is 0 Å². The topological polar surface area (TPSA) is 113 Å². The molecule has 0 atom stereocenters. The van der Waals surface area contributed by atoms with Gasteiger partial charge in [0.2, 0.25) is 26.0 Å². The molecule has 140 valence electrons. The number of rotatable bonds is 7. The number of benzene rings is 1. The highest BCUT2D eigenvalue weighted by Crippen LogP contribution is 2.15. The Morgan fingerprint density at radius 1 is 1.04 bits per heavy atom. The first kappa shape index (κ1) is 19.8. The van der Waals surface area contributed by atoms with E-state index >= 15 is 0 Å². The Kier molecular flexibility index (Phi) is 6.55. The molecule has 1 aliphatic rings. The normalized spacial score (nSPS) is 16.5. The van der Waals surface area contributed by atoms with Gasteiger partial charge in [-0.25, -0.2) is 25.9 Å². The molecule has 8 nitrogen and oxygen atoms in total. The maximum atomic E-state index is 12.2. The highest BCUT2D eigenvalue weighted by Gasteiger charge is 2.24. The van der Waals surface area contributed by atoms with Gasteiger partial charge in [-0.05, 0) is 37.1 Å². The predicted octanol–water partition coefficient (Wildman–Crippen LogP) is 0.739. The van der Waals surface area contributed by atoms with Gasteiger partial charge in [-0.2, -0.15) is 0 Å². The number of amides is 1. The second-order valence-electron chi connectivity index (χ2n) is 5.88. The van der Waals surface area contributed by atoms with Gasteiger partial charge < -0.3 is 5.32 Å². The summed E-state index contributed by atoms with van der Waals surface area (Å²) in [6, 6.07) is 5.65. The van der Waals surface area contributed by atoms with Crippen LogP contribution < -0.4 is 10.0 Å². The van der Waals surface area contributed by atoms with Gasteiger partial charge in [0.05, 0.1) is 10.6 Å². The molecule has 2 N–H and O–H groups in total. The second-order valence-corrected chi connectivity index (χ2v) is 9.73. The molecule has 1 fully saturated rings. The van der Waals surface area contributed by atoms with Crippen molar-refractivity contribution < 1.29 is 21.6 Å². The molecule has 0 aliphatic carbocycles. The van der Waals surface area contributed by atoms with Crippen LogP contribution in [0.15, 0.2) is 29.2 Å². The van der Waals surface area contributed by atoms with Crippen LogP contribution in [0.2, 0.25) is 0 Å². The summed E-state index contributed by atoms with van der Waals surface area (Å²) in [6.07, 6.45) is 2.70. The first-order valence-corrected chi connectivity index (χ1v) is 11.1. The molecule has 0 bridgehead atoms. The lowest BCUT2D eigenvalue weighted by Crippen LogP contribution is -2.40. The number of sulfonamides is 2. The zero-order chi connectivity index (χ0) is 18.5. The third-order valence-corrected chi connectivity index (χ3v) is 7.19. The Balaban J connectivity index is 1.93. The van der Waals surface area contributed by atoms with Gasteiger partial charge in [-0.15, -0.1) is 0 Å². The number of nitrogens with zero attached hydrogens (tertiary/aromatic N) is 1. The van der Waals surface area contributed by atoms with Crippen LogP contribution >= 0.6 is 0 Å². The molecule has 0 radical (unpaired) electrons. The van der Waals surface area contributed by atoms with Crippen LogP contribution in [0.3, 0.4) is 0 Å². The molecule has 1 heterocycles. The monoisotopic (exact) mass is 389 g/mol. The van der Waals surface area contributed by atoms with Crippen molar-refractivity contribution in [2.75, 3.05) is 30.7 Å². The Hall–Kier alpha value is -1.49. The molecular weight excluding hydrogens is 366 g/mol. The molecule has 10 heteroatoms. The van der Waals surface area contributed by atoms with E-state index in [1.54, 1.807) is 0 Å². The summed E-state index contributed by atoms with van der Waals surface area (Å²) in [6.45, 7) is 2.17. The average Bonchev–Trinajstić information content (AvgIpc) is 2.55. The van der Waals surface area contributed by atoms with E-state index in [4.69, 9.17) is 0 Å². The van der Waals surface area contributed by atoms with E-state index in [-0.39, 0.29) is 23.1 Å². The molecule has 1 aliphatic heterocycles. The molecule has 0 unspecified atom stereocenters. The van der Waals surface area contributed by atoms with Gasteiger partial charge in [0.15, 0.2) is 0 Å². The number of hydrogen-bond donors (Lipinski definition) is 2. The van der Waals surface area contributed by atoms with Crippen LogP contribution in [-0.4, -0.2) is 52.4 Å². The summed E-state index contributed by atoms with van der Waals surface area (Å²) >= 11 is 0. The smallest absolute Gasteiger partial charge is 0.240 e. The number of hydrogen-bond acceptors (Lipinski definition) is 5. The lowest BCUT2D eigenvalue weighted by Gasteiger charge is -2.25. The Morgan fingerprint density at radius 3 is 2.20 bits per heavy atom. The van der Waals surface area contributed by atoms with E-state index < -0.39 is 20.0 Å². The van der Waals surface area contributed by atoms with Crippen molar-refractivity contribution in [1.82, 2.24) is 9.03 Å². The standard InChI is InChI=1S/C15H23N3O5S2/c1-13(19)17-14-5-7-15(8-6-14)25(22,23)16-9-12-24(20,21)18-10-3-2-4-11-18/h5-8,16H,2-4,9-12H2,1H3,(H,17,19). The minimum atomic E-state index is -3.80. The van der Waals surface area contributed by atoms with Gasteiger partial charge in [0, 0.05) is 32.2 Å². The van der Waals surface area contributed by atoms with Crippen LogP contribution in [0.1, 0.15) is 26.2 Å². The molecule has 0 saturated carbocycles. The van der Waals surface area contributed by atoms with Crippen LogP contribution in [0, 0.1) is 0 Å². The van der Waals surface area contributed by atoms with E-state index in [0.717, 1.165) is 19.3 Å². The third-order valence-electron chi connectivity index (χ3n) is 3.85. The van der Waals surface area contributed by atoms with E-state index in [1.807, 2.05) is 0 Å². The third kappa shape index (κ3) is 5.77. The molecule has 25 heavy (non-hydrogen) atoms. The molecule has 2 rings (SSSR count). The first-order valence-electron chi connectivity index (χ1n) is 8.06. The largest absolute Gasteiger partial charge is 0.326 e. The molecule has 0 aromatic heterocycles. The quantitative estimate of drug-likeness (QED) is 0.714. The lowest BCUT2D eigenvalue weighted by atomic mass is 10.2. The molecule has 1 saturated heterocycles. The predicted molar refractivity (Wildman–Crippen MR) is 95.1 cm³/mol. The maximum absolute atomic E-state index is 12.2. The van der Waals surface area contributed by atoms with Gasteiger partial charge >= 0.3 is 0 Å². The van der Waals surface area contributed by atoms with Crippen LogP contribution in [-0.2, 0) is 24.8 Å². The number of carbonyl (C=O) groups excluding carboxylic acids is 1. The highest BCUT2D eigenvalue weighted by atomic mass is 32.2.